The Balaban J connectivity index is 1.89. The number of ether oxygens (including phenoxy) is 1. The lowest BCUT2D eigenvalue weighted by molar-refractivity contribution is -0.119. The molecule has 1 unspecified atom stereocenters. The smallest absolute Gasteiger partial charge is 0.238 e. The summed E-state index contributed by atoms with van der Waals surface area (Å²) in [6.45, 7) is 9.11. The Morgan fingerprint density at radius 3 is 3.00 bits per heavy atom. The van der Waals surface area contributed by atoms with Crippen LogP contribution in [0.4, 0.5) is 5.69 Å². The molecule has 1 aliphatic heterocycles. The summed E-state index contributed by atoms with van der Waals surface area (Å²) in [5, 5.41) is 2.98. The second kappa shape index (κ2) is 6.86. The van der Waals surface area contributed by atoms with Crippen molar-refractivity contribution in [2.24, 2.45) is 0 Å². The number of amides is 1. The van der Waals surface area contributed by atoms with Crippen LogP contribution < -0.4 is 5.32 Å². The molecule has 0 aromatic heterocycles. The molecular formula is C16H24N2O2. The van der Waals surface area contributed by atoms with E-state index in [4.69, 9.17) is 4.74 Å². The summed E-state index contributed by atoms with van der Waals surface area (Å²) >= 11 is 0. The van der Waals surface area contributed by atoms with Gasteiger partial charge in [0.15, 0.2) is 0 Å². The van der Waals surface area contributed by atoms with Gasteiger partial charge in [-0.15, -0.1) is 0 Å². The van der Waals surface area contributed by atoms with Crippen molar-refractivity contribution in [3.05, 3.63) is 29.8 Å². The van der Waals surface area contributed by atoms with Crippen molar-refractivity contribution >= 4 is 11.6 Å². The van der Waals surface area contributed by atoms with Crippen LogP contribution in [-0.4, -0.2) is 43.2 Å². The van der Waals surface area contributed by atoms with Crippen LogP contribution in [0, 0.1) is 0 Å². The van der Waals surface area contributed by atoms with E-state index in [0.717, 1.165) is 18.8 Å². The number of carbonyl (C=O) groups excluding carboxylic acids is 1. The first-order valence-corrected chi connectivity index (χ1v) is 7.28. The van der Waals surface area contributed by atoms with Crippen LogP contribution >= 0.6 is 0 Å². The minimum atomic E-state index is 0.0417. The van der Waals surface area contributed by atoms with Crippen LogP contribution in [0.5, 0.6) is 0 Å². The fraction of sp³-hybridized carbons (Fsp3) is 0.562. The fourth-order valence-corrected chi connectivity index (χ4v) is 2.41. The Bertz CT molecular complexity index is 460. The maximum absolute atomic E-state index is 12.1. The molecule has 1 fully saturated rings. The van der Waals surface area contributed by atoms with Crippen molar-refractivity contribution in [1.82, 2.24) is 4.90 Å². The summed E-state index contributed by atoms with van der Waals surface area (Å²) in [6, 6.07) is 8.06. The minimum absolute atomic E-state index is 0.0417. The number of carbonyl (C=O) groups is 1. The van der Waals surface area contributed by atoms with Crippen molar-refractivity contribution in [2.75, 3.05) is 31.6 Å². The number of morpholine rings is 1. The molecule has 1 saturated heterocycles. The van der Waals surface area contributed by atoms with Crippen LogP contribution in [0.3, 0.4) is 0 Å². The maximum atomic E-state index is 12.1. The lowest BCUT2D eigenvalue weighted by atomic mass is 10.0. The number of hydrogen-bond donors (Lipinski definition) is 1. The summed E-state index contributed by atoms with van der Waals surface area (Å²) in [7, 11) is 0. The highest BCUT2D eigenvalue weighted by Gasteiger charge is 2.18. The molecule has 1 atom stereocenters. The Morgan fingerprint density at radius 1 is 1.50 bits per heavy atom. The van der Waals surface area contributed by atoms with Crippen LogP contribution in [0.2, 0.25) is 0 Å². The molecule has 4 nitrogen and oxygen atoms in total. The summed E-state index contributed by atoms with van der Waals surface area (Å²) < 4.78 is 5.48. The van der Waals surface area contributed by atoms with E-state index in [9.17, 15) is 4.79 Å². The first kappa shape index (κ1) is 15.0. The molecule has 4 heteroatoms. The van der Waals surface area contributed by atoms with Crippen molar-refractivity contribution in [3.63, 3.8) is 0 Å². The molecule has 1 amide bonds. The third-order valence-electron chi connectivity index (χ3n) is 3.53. The van der Waals surface area contributed by atoms with Crippen molar-refractivity contribution < 1.29 is 9.53 Å². The molecule has 0 spiro atoms. The first-order chi connectivity index (χ1) is 9.54. The zero-order valence-corrected chi connectivity index (χ0v) is 12.6. The molecule has 1 aliphatic rings. The summed E-state index contributed by atoms with van der Waals surface area (Å²) in [5.41, 5.74) is 2.12. The van der Waals surface area contributed by atoms with Gasteiger partial charge in [-0.25, -0.2) is 0 Å². The number of benzene rings is 1. The monoisotopic (exact) mass is 276 g/mol. The van der Waals surface area contributed by atoms with E-state index < -0.39 is 0 Å². The molecule has 20 heavy (non-hydrogen) atoms. The highest BCUT2D eigenvalue weighted by Crippen LogP contribution is 2.18. The second-order valence-electron chi connectivity index (χ2n) is 5.74. The average molecular weight is 276 g/mol. The normalized spacial score (nSPS) is 20.1. The van der Waals surface area contributed by atoms with Crippen LogP contribution in [0.15, 0.2) is 24.3 Å². The predicted octanol–water partition coefficient (Wildman–Crippen LogP) is 2.47. The molecule has 1 aromatic rings. The van der Waals surface area contributed by atoms with E-state index in [2.05, 4.69) is 30.1 Å². The van der Waals surface area contributed by atoms with Gasteiger partial charge in [0.2, 0.25) is 5.91 Å². The summed E-state index contributed by atoms with van der Waals surface area (Å²) in [6.07, 6.45) is 0.209. The standard InChI is InChI=1S/C16H24N2O2/c1-12(2)14-5-4-6-15(9-14)17-16(19)11-18-7-8-20-13(3)10-18/h4-6,9,12-13H,7-8,10-11H2,1-3H3,(H,17,19). The molecule has 1 aromatic carbocycles. The largest absolute Gasteiger partial charge is 0.376 e. The molecule has 110 valence electrons. The molecule has 1 N–H and O–H groups in total. The molecule has 0 aliphatic carbocycles. The lowest BCUT2D eigenvalue weighted by Gasteiger charge is -2.30. The molecule has 0 radical (unpaired) electrons. The quantitative estimate of drug-likeness (QED) is 0.918. The van der Waals surface area contributed by atoms with Gasteiger partial charge in [0.1, 0.15) is 0 Å². The third-order valence-corrected chi connectivity index (χ3v) is 3.53. The average Bonchev–Trinajstić information content (AvgIpc) is 2.38. The van der Waals surface area contributed by atoms with Gasteiger partial charge in [-0.3, -0.25) is 9.69 Å². The Kier molecular flexibility index (Phi) is 5.15. The maximum Gasteiger partial charge on any atom is 0.238 e. The van der Waals surface area contributed by atoms with Crippen LogP contribution in [-0.2, 0) is 9.53 Å². The van der Waals surface area contributed by atoms with E-state index >= 15 is 0 Å². The number of rotatable bonds is 4. The van der Waals surface area contributed by atoms with Crippen molar-refractivity contribution in [1.29, 1.82) is 0 Å². The highest BCUT2D eigenvalue weighted by atomic mass is 16.5. The predicted molar refractivity (Wildman–Crippen MR) is 81.0 cm³/mol. The van der Waals surface area contributed by atoms with Gasteiger partial charge in [-0.05, 0) is 30.5 Å². The van der Waals surface area contributed by atoms with Gasteiger partial charge < -0.3 is 10.1 Å². The van der Waals surface area contributed by atoms with E-state index in [1.54, 1.807) is 0 Å². The van der Waals surface area contributed by atoms with Crippen molar-refractivity contribution in [3.8, 4) is 0 Å². The van der Waals surface area contributed by atoms with Gasteiger partial charge in [0.25, 0.3) is 0 Å². The lowest BCUT2D eigenvalue weighted by Crippen LogP contribution is -2.44. The van der Waals surface area contributed by atoms with Gasteiger partial charge in [-0.2, -0.15) is 0 Å². The SMILES string of the molecule is CC1CN(CC(=O)Nc2cccc(C(C)C)c2)CCO1. The fourth-order valence-electron chi connectivity index (χ4n) is 2.41. The second-order valence-corrected chi connectivity index (χ2v) is 5.74. The number of anilines is 1. The molecule has 2 rings (SSSR count). The Labute approximate surface area is 121 Å². The zero-order chi connectivity index (χ0) is 14.5. The van der Waals surface area contributed by atoms with E-state index in [0.29, 0.717) is 19.1 Å². The molecule has 1 heterocycles. The van der Waals surface area contributed by atoms with Gasteiger partial charge in [0, 0.05) is 18.8 Å². The van der Waals surface area contributed by atoms with Crippen molar-refractivity contribution in [2.45, 2.75) is 32.8 Å². The highest BCUT2D eigenvalue weighted by molar-refractivity contribution is 5.92. The summed E-state index contributed by atoms with van der Waals surface area (Å²) in [4.78, 5) is 14.2. The van der Waals surface area contributed by atoms with Crippen LogP contribution in [0.25, 0.3) is 0 Å². The topological polar surface area (TPSA) is 41.6 Å². The van der Waals surface area contributed by atoms with E-state index in [-0.39, 0.29) is 12.0 Å². The molecular weight excluding hydrogens is 252 g/mol. The molecule has 0 saturated carbocycles. The zero-order valence-electron chi connectivity index (χ0n) is 12.6. The first-order valence-electron chi connectivity index (χ1n) is 7.28. The molecule has 0 bridgehead atoms. The Hall–Kier alpha value is -1.39. The van der Waals surface area contributed by atoms with Gasteiger partial charge in [-0.1, -0.05) is 26.0 Å². The van der Waals surface area contributed by atoms with Gasteiger partial charge in [0.05, 0.1) is 19.3 Å². The van der Waals surface area contributed by atoms with E-state index in [1.165, 1.54) is 5.56 Å². The number of hydrogen-bond acceptors (Lipinski definition) is 3. The van der Waals surface area contributed by atoms with Crippen LogP contribution in [0.1, 0.15) is 32.3 Å². The number of nitrogens with zero attached hydrogens (tertiary/aromatic N) is 1. The van der Waals surface area contributed by atoms with Gasteiger partial charge >= 0.3 is 0 Å². The third kappa shape index (κ3) is 4.32. The minimum Gasteiger partial charge on any atom is -0.376 e. The Morgan fingerprint density at radius 2 is 2.30 bits per heavy atom. The van der Waals surface area contributed by atoms with E-state index in [1.807, 2.05) is 25.1 Å². The summed E-state index contributed by atoms with van der Waals surface area (Å²) in [5.74, 6) is 0.506. The number of nitrogens with one attached hydrogen (secondary N) is 1.